The van der Waals surface area contributed by atoms with Crippen LogP contribution in [0.25, 0.3) is 0 Å². The smallest absolute Gasteiger partial charge is 0.387 e. The summed E-state index contributed by atoms with van der Waals surface area (Å²) in [6.07, 6.45) is -1.27. The Bertz CT molecular complexity index is 528. The van der Waals surface area contributed by atoms with Crippen LogP contribution < -0.4 is 10.5 Å². The highest BCUT2D eigenvalue weighted by atomic mass is 19.3. The van der Waals surface area contributed by atoms with Gasteiger partial charge in [0, 0.05) is 24.3 Å². The fourth-order valence-corrected chi connectivity index (χ4v) is 2.27. The van der Waals surface area contributed by atoms with E-state index >= 15 is 0 Å². The van der Waals surface area contributed by atoms with Crippen LogP contribution in [0.1, 0.15) is 44.1 Å². The maximum absolute atomic E-state index is 14.0. The highest BCUT2D eigenvalue weighted by Crippen LogP contribution is 2.33. The molecule has 8 heteroatoms. The monoisotopic (exact) mass is 351 g/mol. The highest BCUT2D eigenvalue weighted by Gasteiger charge is 2.23. The zero-order chi connectivity index (χ0) is 18.1. The fraction of sp³-hybridized carbons (Fsp3) is 0.562. The number of rotatable bonds is 10. The third-order valence-corrected chi connectivity index (χ3v) is 3.39. The summed E-state index contributed by atoms with van der Waals surface area (Å²) < 4.78 is 61.0. The van der Waals surface area contributed by atoms with Crippen molar-refractivity contribution in [3.05, 3.63) is 29.6 Å². The van der Waals surface area contributed by atoms with Crippen LogP contribution in [-0.4, -0.2) is 25.5 Å². The van der Waals surface area contributed by atoms with Gasteiger partial charge >= 0.3 is 12.6 Å². The molecule has 0 amide bonds. The number of hydrogen-bond acceptors (Lipinski definition) is 4. The van der Waals surface area contributed by atoms with Gasteiger partial charge in [0.25, 0.3) is 0 Å². The van der Waals surface area contributed by atoms with Gasteiger partial charge in [0.1, 0.15) is 11.6 Å². The Kier molecular flexibility index (Phi) is 8.53. The van der Waals surface area contributed by atoms with E-state index < -0.39 is 30.7 Å². The average Bonchev–Trinajstić information content (AvgIpc) is 2.49. The largest absolute Gasteiger partial charge is 0.434 e. The molecule has 1 aromatic carbocycles. The number of halogens is 4. The first-order valence-electron chi connectivity index (χ1n) is 7.65. The van der Waals surface area contributed by atoms with Crippen LogP contribution in [0, 0.1) is 5.82 Å². The lowest BCUT2D eigenvalue weighted by Gasteiger charge is -2.19. The molecule has 0 fully saturated rings. The number of carbonyl (C=O) groups is 1. The molecule has 0 aliphatic rings. The molecule has 0 heterocycles. The molecule has 1 rings (SSSR count). The number of alkyl halides is 3. The van der Waals surface area contributed by atoms with Crippen molar-refractivity contribution in [2.45, 2.75) is 51.5 Å². The summed E-state index contributed by atoms with van der Waals surface area (Å²) in [4.78, 5) is 11.6. The third kappa shape index (κ3) is 6.35. The van der Waals surface area contributed by atoms with Crippen LogP contribution >= 0.6 is 0 Å². The van der Waals surface area contributed by atoms with E-state index in [0.717, 1.165) is 6.07 Å². The predicted octanol–water partition coefficient (Wildman–Crippen LogP) is 3.89. The minimum absolute atomic E-state index is 0.0225. The number of carbonyl (C=O) groups excluding carboxylic acids is 1. The molecule has 0 spiro atoms. The van der Waals surface area contributed by atoms with Gasteiger partial charge in [-0.25, -0.2) is 8.78 Å². The van der Waals surface area contributed by atoms with Crippen LogP contribution in [0.2, 0.25) is 0 Å². The van der Waals surface area contributed by atoms with E-state index in [4.69, 9.17) is 5.73 Å². The molecule has 0 saturated carbocycles. The van der Waals surface area contributed by atoms with Gasteiger partial charge in [-0.3, -0.25) is 4.79 Å². The summed E-state index contributed by atoms with van der Waals surface area (Å²) in [5.41, 5.74) is 5.45. The quantitative estimate of drug-likeness (QED) is 0.513. The van der Waals surface area contributed by atoms with Crippen molar-refractivity contribution in [3.8, 4) is 5.75 Å². The number of esters is 1. The van der Waals surface area contributed by atoms with E-state index in [-0.39, 0.29) is 37.1 Å². The number of hydrogen-bond donors (Lipinski definition) is 1. The topological polar surface area (TPSA) is 61.5 Å². The molecule has 2 atom stereocenters. The molecule has 0 radical (unpaired) electrons. The summed E-state index contributed by atoms with van der Waals surface area (Å²) in [5, 5.41) is 0. The highest BCUT2D eigenvalue weighted by molar-refractivity contribution is 5.69. The number of nitrogens with two attached hydrogens (primary N) is 1. The van der Waals surface area contributed by atoms with Crippen LogP contribution in [0.5, 0.6) is 5.75 Å². The van der Waals surface area contributed by atoms with E-state index in [2.05, 4.69) is 9.47 Å². The van der Waals surface area contributed by atoms with Crippen molar-refractivity contribution < 1.29 is 31.8 Å². The van der Waals surface area contributed by atoms with Gasteiger partial charge in [0.05, 0.1) is 0 Å². The van der Waals surface area contributed by atoms with Crippen LogP contribution in [-0.2, 0) is 9.53 Å². The second-order valence-corrected chi connectivity index (χ2v) is 5.19. The van der Waals surface area contributed by atoms with Crippen molar-refractivity contribution in [2.75, 3.05) is 6.54 Å². The molecule has 2 unspecified atom stereocenters. The van der Waals surface area contributed by atoms with Gasteiger partial charge in [-0.05, 0) is 31.5 Å². The van der Waals surface area contributed by atoms with Gasteiger partial charge in [-0.1, -0.05) is 13.0 Å². The lowest BCUT2D eigenvalue weighted by Crippen LogP contribution is -2.19. The first kappa shape index (κ1) is 20.2. The van der Waals surface area contributed by atoms with E-state index in [1.807, 2.05) is 0 Å². The van der Waals surface area contributed by atoms with Crippen molar-refractivity contribution in [1.82, 2.24) is 0 Å². The standard InChI is InChI=1S/C16H21F4NO3/c1-2-4-13(18)24-14(22)8-7-10(9-21)15-11(17)5-3-6-12(15)23-16(19)20/h3,5-6,10,13,16H,2,4,7-9,21H2,1H3. The van der Waals surface area contributed by atoms with Gasteiger partial charge in [0.2, 0.25) is 6.36 Å². The Labute approximate surface area is 137 Å². The van der Waals surface area contributed by atoms with E-state index in [1.54, 1.807) is 6.92 Å². The maximum Gasteiger partial charge on any atom is 0.387 e. The molecule has 1 aromatic rings. The van der Waals surface area contributed by atoms with Crippen molar-refractivity contribution in [1.29, 1.82) is 0 Å². The molecular weight excluding hydrogens is 330 g/mol. The second-order valence-electron chi connectivity index (χ2n) is 5.19. The molecule has 24 heavy (non-hydrogen) atoms. The Morgan fingerprint density at radius 1 is 1.25 bits per heavy atom. The summed E-state index contributed by atoms with van der Waals surface area (Å²) in [5.74, 6) is -2.62. The Balaban J connectivity index is 2.78. The van der Waals surface area contributed by atoms with Crippen LogP contribution in [0.3, 0.4) is 0 Å². The lowest BCUT2D eigenvalue weighted by molar-refractivity contribution is -0.158. The lowest BCUT2D eigenvalue weighted by atomic mass is 9.93. The van der Waals surface area contributed by atoms with Crippen molar-refractivity contribution >= 4 is 5.97 Å². The summed E-state index contributed by atoms with van der Waals surface area (Å²) in [6, 6.07) is 3.52. The Morgan fingerprint density at radius 2 is 1.96 bits per heavy atom. The zero-order valence-corrected chi connectivity index (χ0v) is 13.3. The molecule has 4 nitrogen and oxygen atoms in total. The molecular formula is C16H21F4NO3. The third-order valence-electron chi connectivity index (χ3n) is 3.39. The minimum atomic E-state index is -3.12. The van der Waals surface area contributed by atoms with Crippen LogP contribution in [0.15, 0.2) is 18.2 Å². The van der Waals surface area contributed by atoms with Crippen molar-refractivity contribution in [3.63, 3.8) is 0 Å². The molecule has 0 bridgehead atoms. The fourth-order valence-electron chi connectivity index (χ4n) is 2.27. The zero-order valence-electron chi connectivity index (χ0n) is 13.3. The molecule has 0 aliphatic heterocycles. The predicted molar refractivity (Wildman–Crippen MR) is 80.0 cm³/mol. The SMILES string of the molecule is CCCC(F)OC(=O)CCC(CN)c1c(F)cccc1OC(F)F. The normalized spacial score (nSPS) is 13.6. The molecule has 0 aliphatic carbocycles. The molecule has 2 N–H and O–H groups in total. The molecule has 0 aromatic heterocycles. The van der Waals surface area contributed by atoms with Gasteiger partial charge in [0.15, 0.2) is 0 Å². The van der Waals surface area contributed by atoms with E-state index in [1.165, 1.54) is 12.1 Å². The van der Waals surface area contributed by atoms with Gasteiger partial charge in [-0.2, -0.15) is 8.78 Å². The Hall–Kier alpha value is -1.83. The van der Waals surface area contributed by atoms with Gasteiger partial charge < -0.3 is 15.2 Å². The average molecular weight is 351 g/mol. The first-order chi connectivity index (χ1) is 11.4. The summed E-state index contributed by atoms with van der Waals surface area (Å²) in [6.45, 7) is -1.47. The number of ether oxygens (including phenoxy) is 2. The van der Waals surface area contributed by atoms with E-state index in [0.29, 0.717) is 6.42 Å². The van der Waals surface area contributed by atoms with Crippen molar-refractivity contribution in [2.24, 2.45) is 5.73 Å². The summed E-state index contributed by atoms with van der Waals surface area (Å²) >= 11 is 0. The van der Waals surface area contributed by atoms with Gasteiger partial charge in [-0.15, -0.1) is 0 Å². The Morgan fingerprint density at radius 3 is 2.54 bits per heavy atom. The molecule has 0 saturated heterocycles. The molecule has 136 valence electrons. The van der Waals surface area contributed by atoms with E-state index in [9.17, 15) is 22.4 Å². The number of benzene rings is 1. The maximum atomic E-state index is 14.0. The van der Waals surface area contributed by atoms with Crippen LogP contribution in [0.4, 0.5) is 17.6 Å². The first-order valence-corrected chi connectivity index (χ1v) is 7.65. The minimum Gasteiger partial charge on any atom is -0.434 e. The second kappa shape index (κ2) is 10.1. The summed E-state index contributed by atoms with van der Waals surface area (Å²) in [7, 11) is 0.